The molecule has 12 heteroatoms. The molecule has 0 saturated carbocycles. The quantitative estimate of drug-likeness (QED) is 0.441. The zero-order valence-electron chi connectivity index (χ0n) is 14.3. The van der Waals surface area contributed by atoms with Gasteiger partial charge in [-0.15, -0.1) is 0 Å². The lowest BCUT2D eigenvalue weighted by molar-refractivity contribution is -0.291. The van der Waals surface area contributed by atoms with Crippen LogP contribution >= 0.6 is 0 Å². The first-order chi connectivity index (χ1) is 13.3. The van der Waals surface area contributed by atoms with Gasteiger partial charge in [-0.05, 0) is 25.1 Å². The maximum atomic E-state index is 13.8. The van der Waals surface area contributed by atoms with E-state index >= 15 is 0 Å². The van der Waals surface area contributed by atoms with Crippen LogP contribution in [0, 0.1) is 0 Å². The lowest BCUT2D eigenvalue weighted by Crippen LogP contribution is -2.35. The lowest BCUT2D eigenvalue weighted by Gasteiger charge is -2.22. The van der Waals surface area contributed by atoms with Gasteiger partial charge in [0.25, 0.3) is 0 Å². The highest BCUT2D eigenvalue weighted by Crippen LogP contribution is 2.46. The first-order valence-corrected chi connectivity index (χ1v) is 7.93. The zero-order valence-corrected chi connectivity index (χ0v) is 14.3. The zero-order chi connectivity index (χ0) is 21.8. The Labute approximate surface area is 156 Å². The second-order valence-electron chi connectivity index (χ2n) is 5.95. The van der Waals surface area contributed by atoms with E-state index in [1.165, 1.54) is 6.92 Å². The smallest absolute Gasteiger partial charge is 0.459 e. The Bertz CT molecular complexity index is 1100. The third-order valence-electron chi connectivity index (χ3n) is 4.07. The van der Waals surface area contributed by atoms with E-state index in [-0.39, 0.29) is 29.3 Å². The van der Waals surface area contributed by atoms with Crippen molar-refractivity contribution in [1.82, 2.24) is 9.97 Å². The number of esters is 1. The third-order valence-corrected chi connectivity index (χ3v) is 4.07. The minimum Gasteiger partial charge on any atom is -0.461 e. The normalized spacial score (nSPS) is 13.3. The Hall–Kier alpha value is -2.92. The number of carbonyl (C=O) groups is 1. The van der Waals surface area contributed by atoms with Gasteiger partial charge >= 0.3 is 24.2 Å². The summed E-state index contributed by atoms with van der Waals surface area (Å²) in [5.41, 5.74) is -4.76. The molecule has 3 aromatic rings. The molecule has 29 heavy (non-hydrogen) atoms. The number of carbonyl (C=O) groups excluding carboxylic acids is 1. The highest BCUT2D eigenvalue weighted by molar-refractivity contribution is 6.08. The summed E-state index contributed by atoms with van der Waals surface area (Å²) in [4.78, 5) is 17.4. The van der Waals surface area contributed by atoms with Gasteiger partial charge in [-0.3, -0.25) is 0 Å². The van der Waals surface area contributed by atoms with Crippen molar-refractivity contribution in [3.63, 3.8) is 0 Å². The van der Waals surface area contributed by atoms with Crippen molar-refractivity contribution < 1.29 is 44.7 Å². The largest absolute Gasteiger partial charge is 0.461 e. The van der Waals surface area contributed by atoms with Gasteiger partial charge < -0.3 is 9.72 Å². The highest BCUT2D eigenvalue weighted by atomic mass is 19.4. The van der Waals surface area contributed by atoms with E-state index in [0.717, 1.165) is 18.2 Å². The molecule has 0 unspecified atom stereocenters. The summed E-state index contributed by atoms with van der Waals surface area (Å²) < 4.78 is 111. The Balaban J connectivity index is 2.39. The van der Waals surface area contributed by atoms with Crippen LogP contribution in [0.4, 0.5) is 35.1 Å². The maximum Gasteiger partial charge on any atom is 0.459 e. The van der Waals surface area contributed by atoms with Crippen molar-refractivity contribution >= 4 is 27.8 Å². The van der Waals surface area contributed by atoms with Crippen molar-refractivity contribution in [1.29, 1.82) is 0 Å². The first-order valence-electron chi connectivity index (χ1n) is 7.93. The number of halogens is 8. The third kappa shape index (κ3) is 3.47. The topological polar surface area (TPSA) is 55.0 Å². The van der Waals surface area contributed by atoms with Crippen molar-refractivity contribution in [3.05, 3.63) is 41.2 Å². The van der Waals surface area contributed by atoms with Crippen molar-refractivity contribution in [2.24, 2.45) is 0 Å². The van der Waals surface area contributed by atoms with E-state index in [9.17, 15) is 39.9 Å². The van der Waals surface area contributed by atoms with Crippen molar-refractivity contribution in [3.8, 4) is 0 Å². The Morgan fingerprint density at radius 2 is 1.69 bits per heavy atom. The number of nitrogens with zero attached hydrogens (tertiary/aromatic N) is 1. The molecule has 2 heterocycles. The van der Waals surface area contributed by atoms with Crippen LogP contribution in [0.2, 0.25) is 0 Å². The van der Waals surface area contributed by atoms with Crippen LogP contribution in [0.15, 0.2) is 24.3 Å². The number of aromatic nitrogens is 2. The number of hydrogen-bond donors (Lipinski definition) is 1. The van der Waals surface area contributed by atoms with Crippen molar-refractivity contribution in [2.75, 3.05) is 6.61 Å². The van der Waals surface area contributed by atoms with E-state index in [0.29, 0.717) is 0 Å². The molecule has 0 aliphatic carbocycles. The fourth-order valence-electron chi connectivity index (χ4n) is 2.77. The van der Waals surface area contributed by atoms with Crippen molar-refractivity contribution in [2.45, 2.75) is 25.2 Å². The SMILES string of the molecule is CCOC(=O)c1cc2c(ccc3c(C(F)(F)F)cc(C(F)(F)C(F)(F)F)[nH]c32)n1. The number of alkyl halides is 8. The van der Waals surface area contributed by atoms with Gasteiger partial charge in [0.1, 0.15) is 5.69 Å². The maximum absolute atomic E-state index is 13.8. The number of H-pyrrole nitrogens is 1. The lowest BCUT2D eigenvalue weighted by atomic mass is 10.0. The summed E-state index contributed by atoms with van der Waals surface area (Å²) in [6.45, 7) is 1.46. The molecule has 0 atom stereocenters. The second-order valence-corrected chi connectivity index (χ2v) is 5.95. The van der Waals surface area contributed by atoms with Crippen LogP contribution in [-0.2, 0) is 16.8 Å². The Morgan fingerprint density at radius 1 is 1.03 bits per heavy atom. The molecular weight excluding hydrogens is 416 g/mol. The number of rotatable bonds is 3. The number of nitrogens with one attached hydrogen (secondary N) is 1. The first kappa shape index (κ1) is 20.8. The van der Waals surface area contributed by atoms with Gasteiger partial charge in [-0.25, -0.2) is 9.78 Å². The fourth-order valence-corrected chi connectivity index (χ4v) is 2.77. The number of ether oxygens (including phenoxy) is 1. The molecule has 0 spiro atoms. The molecule has 0 amide bonds. The van der Waals surface area contributed by atoms with E-state index in [4.69, 9.17) is 4.74 Å². The van der Waals surface area contributed by atoms with Gasteiger partial charge in [0.15, 0.2) is 0 Å². The predicted molar refractivity (Wildman–Crippen MR) is 84.5 cm³/mol. The number of hydrogen-bond acceptors (Lipinski definition) is 3. The van der Waals surface area contributed by atoms with Gasteiger partial charge in [0, 0.05) is 10.8 Å². The highest BCUT2D eigenvalue weighted by Gasteiger charge is 2.60. The number of benzene rings is 1. The van der Waals surface area contributed by atoms with E-state index < -0.39 is 46.4 Å². The summed E-state index contributed by atoms with van der Waals surface area (Å²) >= 11 is 0. The van der Waals surface area contributed by atoms with Gasteiger partial charge in [0.2, 0.25) is 0 Å². The molecule has 0 radical (unpaired) electrons. The second kappa shape index (κ2) is 6.56. The summed E-state index contributed by atoms with van der Waals surface area (Å²) in [7, 11) is 0. The minimum atomic E-state index is -6.13. The Kier molecular flexibility index (Phi) is 4.71. The molecule has 3 rings (SSSR count). The number of aromatic amines is 1. The van der Waals surface area contributed by atoms with Crippen LogP contribution in [0.3, 0.4) is 0 Å². The molecule has 0 fully saturated rings. The van der Waals surface area contributed by atoms with Crippen LogP contribution < -0.4 is 0 Å². The summed E-state index contributed by atoms with van der Waals surface area (Å²) in [6, 6.07) is 2.64. The van der Waals surface area contributed by atoms with Crippen LogP contribution in [0.1, 0.15) is 28.7 Å². The molecule has 2 aromatic heterocycles. The van der Waals surface area contributed by atoms with Crippen LogP contribution in [0.5, 0.6) is 0 Å². The minimum absolute atomic E-state index is 0.0327. The predicted octanol–water partition coefficient (Wildman–Crippen LogP) is 5.57. The number of pyridine rings is 1. The van der Waals surface area contributed by atoms with E-state index in [1.54, 1.807) is 4.98 Å². The molecule has 4 nitrogen and oxygen atoms in total. The van der Waals surface area contributed by atoms with E-state index in [2.05, 4.69) is 4.98 Å². The molecule has 0 aliphatic heterocycles. The molecule has 1 N–H and O–H groups in total. The summed E-state index contributed by atoms with van der Waals surface area (Å²) in [5.74, 6) is -6.50. The summed E-state index contributed by atoms with van der Waals surface area (Å²) in [5, 5.41) is -0.898. The van der Waals surface area contributed by atoms with Gasteiger partial charge in [-0.2, -0.15) is 35.1 Å². The van der Waals surface area contributed by atoms with Gasteiger partial charge in [0.05, 0.1) is 28.9 Å². The molecule has 0 saturated heterocycles. The van der Waals surface area contributed by atoms with Crippen LogP contribution in [0.25, 0.3) is 21.8 Å². The average molecular weight is 426 g/mol. The monoisotopic (exact) mass is 426 g/mol. The Morgan fingerprint density at radius 3 is 2.24 bits per heavy atom. The molecule has 0 bridgehead atoms. The standard InChI is InChI=1S/C17H10F8N2O2/c1-2-29-14(28)11-5-8-10(26-11)4-3-7-9(16(20,21)22)6-12(27-13(7)8)15(18,19)17(23,24)25/h3-6,27H,2H2,1H3. The molecule has 156 valence electrons. The fraction of sp³-hybridized carbons (Fsp3) is 0.294. The average Bonchev–Trinajstić information content (AvgIpc) is 3.04. The summed E-state index contributed by atoms with van der Waals surface area (Å²) in [6.07, 6.45) is -11.4. The molecular formula is C17H10F8N2O2. The van der Waals surface area contributed by atoms with Gasteiger partial charge in [-0.1, -0.05) is 6.07 Å². The number of fused-ring (bicyclic) bond motifs is 3. The van der Waals surface area contributed by atoms with E-state index in [1.807, 2.05) is 0 Å². The van der Waals surface area contributed by atoms with Crippen LogP contribution in [-0.4, -0.2) is 28.7 Å². The molecule has 1 aromatic carbocycles. The molecule has 0 aliphatic rings.